The lowest BCUT2D eigenvalue weighted by molar-refractivity contribution is -0.251. The number of nitrogens with two attached hydrogens (primary N) is 2. The van der Waals surface area contributed by atoms with E-state index in [1.807, 2.05) is 0 Å². The largest absolute Gasteiger partial charge is 0.769 e. The molecular weight excluding hydrogens is 307 g/mol. The molecule has 2 rings (SSSR count). The van der Waals surface area contributed by atoms with Crippen LogP contribution in [0.15, 0.2) is 0 Å². The molecule has 2 heterocycles. The van der Waals surface area contributed by atoms with E-state index in [1.54, 1.807) is 0 Å². The monoisotopic (exact) mass is 328 g/mol. The highest BCUT2D eigenvalue weighted by atomic mass is 31.2. The fourth-order valence-electron chi connectivity index (χ4n) is 2.30. The van der Waals surface area contributed by atoms with E-state index in [4.69, 9.17) is 35.1 Å². The summed E-state index contributed by atoms with van der Waals surface area (Å²) in [4.78, 5) is 21.5. The lowest BCUT2D eigenvalue weighted by Crippen LogP contribution is -2.33. The molecule has 1 unspecified atom stereocenters. The Kier molecular flexibility index (Phi) is 5.85. The van der Waals surface area contributed by atoms with Crippen molar-refractivity contribution in [3.8, 4) is 0 Å². The van der Waals surface area contributed by atoms with Crippen molar-refractivity contribution in [1.29, 1.82) is 0 Å². The van der Waals surface area contributed by atoms with Crippen molar-refractivity contribution in [3.63, 3.8) is 0 Å². The van der Waals surface area contributed by atoms with Gasteiger partial charge in [0.15, 0.2) is 8.17 Å². The minimum absolute atomic E-state index is 0.159. The van der Waals surface area contributed by atoms with Gasteiger partial charge in [-0.3, -0.25) is 0 Å². The van der Waals surface area contributed by atoms with Crippen LogP contribution >= 0.6 is 8.17 Å². The molecule has 125 valence electrons. The predicted molar refractivity (Wildman–Crippen MR) is 68.0 cm³/mol. The molecule has 2 aliphatic heterocycles. The summed E-state index contributed by atoms with van der Waals surface area (Å²) in [5.74, 6) is 0. The Morgan fingerprint density at radius 2 is 1.81 bits per heavy atom. The second kappa shape index (κ2) is 7.07. The minimum atomic E-state index is -4.40. The summed E-state index contributed by atoms with van der Waals surface area (Å²) in [6, 6.07) is 0. The van der Waals surface area contributed by atoms with Crippen LogP contribution in [0.25, 0.3) is 0 Å². The lowest BCUT2D eigenvalue weighted by atomic mass is 10.2. The summed E-state index contributed by atoms with van der Waals surface area (Å²) in [6.45, 7) is -0.732. The summed E-state index contributed by atoms with van der Waals surface area (Å²) in [5, 5.41) is 18.7. The van der Waals surface area contributed by atoms with Crippen molar-refractivity contribution in [2.45, 2.75) is 49.7 Å². The molecule has 0 aliphatic carbocycles. The third-order valence-corrected chi connectivity index (χ3v) is 4.34. The smallest absolute Gasteiger partial charge is 0.158 e. The molecule has 0 amide bonds. The Bertz CT molecular complexity index is 349. The zero-order valence-electron chi connectivity index (χ0n) is 11.3. The summed E-state index contributed by atoms with van der Waals surface area (Å²) in [6.07, 6.45) is -4.22. The van der Waals surface area contributed by atoms with Gasteiger partial charge in [-0.2, -0.15) is 0 Å². The average Bonchev–Trinajstić information content (AvgIpc) is 2.88. The molecule has 21 heavy (non-hydrogen) atoms. The van der Waals surface area contributed by atoms with Gasteiger partial charge in [-0.25, -0.2) is 0 Å². The Morgan fingerprint density at radius 1 is 1.19 bits per heavy atom. The van der Waals surface area contributed by atoms with Gasteiger partial charge >= 0.3 is 0 Å². The summed E-state index contributed by atoms with van der Waals surface area (Å²) in [7, 11) is -4.40. The van der Waals surface area contributed by atoms with Gasteiger partial charge in [-0.05, 0) is 0 Å². The van der Waals surface area contributed by atoms with Gasteiger partial charge in [-0.15, -0.1) is 0 Å². The zero-order chi connectivity index (χ0) is 15.6. The summed E-state index contributed by atoms with van der Waals surface area (Å²) < 4.78 is 20.0. The van der Waals surface area contributed by atoms with Crippen LogP contribution in [0.2, 0.25) is 0 Å². The molecule has 2 fully saturated rings. The predicted octanol–water partition coefficient (Wildman–Crippen LogP) is -3.08. The molecule has 0 aromatic rings. The Labute approximate surface area is 122 Å². The molecule has 0 aromatic heterocycles. The summed E-state index contributed by atoms with van der Waals surface area (Å²) in [5.41, 5.74) is 11.0. The maximum absolute atomic E-state index is 11.8. The average molecular weight is 328 g/mol. The number of hydrogen-bond donors (Lipinski definition) is 5. The molecular formula is C10H21N2O8P-. The fourth-order valence-corrected chi connectivity index (χ4v) is 3.26. The lowest BCUT2D eigenvalue weighted by Gasteiger charge is -2.38. The van der Waals surface area contributed by atoms with Gasteiger partial charge in [-0.1, -0.05) is 0 Å². The maximum Gasteiger partial charge on any atom is 0.158 e. The van der Waals surface area contributed by atoms with Crippen molar-refractivity contribution >= 4 is 8.17 Å². The van der Waals surface area contributed by atoms with Crippen molar-refractivity contribution in [2.24, 2.45) is 11.5 Å². The van der Waals surface area contributed by atoms with Crippen LogP contribution in [-0.4, -0.2) is 65.2 Å². The fraction of sp³-hybridized carbons (Fsp3) is 1.00. The van der Waals surface area contributed by atoms with Crippen LogP contribution in [0.1, 0.15) is 12.8 Å². The van der Waals surface area contributed by atoms with Gasteiger partial charge < -0.3 is 50.0 Å². The highest BCUT2D eigenvalue weighted by Crippen LogP contribution is 2.51. The van der Waals surface area contributed by atoms with E-state index >= 15 is 0 Å². The van der Waals surface area contributed by atoms with Crippen LogP contribution in [-0.2, 0) is 18.5 Å². The number of ether oxygens (including phenoxy) is 2. The molecule has 2 saturated heterocycles. The van der Waals surface area contributed by atoms with Gasteiger partial charge in [0.05, 0.1) is 25.4 Å². The first-order chi connectivity index (χ1) is 9.80. The quantitative estimate of drug-likeness (QED) is 0.315. The van der Waals surface area contributed by atoms with Crippen molar-refractivity contribution in [2.75, 3.05) is 13.2 Å². The molecule has 7 atom stereocenters. The molecule has 1 radical (unpaired) electrons. The van der Waals surface area contributed by atoms with Crippen molar-refractivity contribution < 1.29 is 38.5 Å². The van der Waals surface area contributed by atoms with Gasteiger partial charge in [0, 0.05) is 12.8 Å². The van der Waals surface area contributed by atoms with Gasteiger partial charge in [0.1, 0.15) is 24.7 Å². The van der Waals surface area contributed by atoms with Crippen LogP contribution in [0.4, 0.5) is 0 Å². The van der Waals surface area contributed by atoms with E-state index in [0.717, 1.165) is 0 Å². The minimum Gasteiger partial charge on any atom is -0.769 e. The maximum atomic E-state index is 11.8. The highest BCUT2D eigenvalue weighted by molar-refractivity contribution is 7.52. The molecule has 11 heteroatoms. The topological polar surface area (TPSA) is 173 Å². The van der Waals surface area contributed by atoms with E-state index in [-0.39, 0.29) is 19.4 Å². The SMILES string of the molecule is N[C@H]1C[C@H](O[P]([O-])(O)OC[C@H]2O[C@@H](N)C[C@@H]2O)[C@@H](CO)O1. The molecule has 10 nitrogen and oxygen atoms in total. The van der Waals surface area contributed by atoms with Gasteiger partial charge in [0.2, 0.25) is 0 Å². The Morgan fingerprint density at radius 3 is 2.38 bits per heavy atom. The first-order valence-corrected chi connectivity index (χ1v) is 8.07. The van der Waals surface area contributed by atoms with E-state index in [2.05, 4.69) is 0 Å². The van der Waals surface area contributed by atoms with Crippen LogP contribution in [0.3, 0.4) is 0 Å². The van der Waals surface area contributed by atoms with Crippen molar-refractivity contribution in [3.05, 3.63) is 0 Å². The number of aliphatic hydroxyl groups excluding tert-OH is 2. The van der Waals surface area contributed by atoms with Crippen LogP contribution in [0, 0.1) is 0 Å². The highest BCUT2D eigenvalue weighted by Gasteiger charge is 2.38. The van der Waals surface area contributed by atoms with Gasteiger partial charge in [0.25, 0.3) is 0 Å². The molecule has 7 N–H and O–H groups in total. The molecule has 0 bridgehead atoms. The second-order valence-electron chi connectivity index (χ2n) is 5.06. The van der Waals surface area contributed by atoms with E-state index in [9.17, 15) is 14.9 Å². The Balaban J connectivity index is 1.81. The third-order valence-electron chi connectivity index (χ3n) is 3.33. The molecule has 2 aliphatic rings. The normalized spacial score (nSPS) is 43.1. The molecule has 0 aromatic carbocycles. The van der Waals surface area contributed by atoms with Crippen molar-refractivity contribution in [1.82, 2.24) is 0 Å². The molecule has 0 spiro atoms. The Hall–Kier alpha value is 0.0300. The third kappa shape index (κ3) is 4.75. The van der Waals surface area contributed by atoms with Crippen LogP contribution < -0.4 is 16.4 Å². The zero-order valence-corrected chi connectivity index (χ0v) is 12.2. The first kappa shape index (κ1) is 17.4. The first-order valence-electron chi connectivity index (χ1n) is 6.57. The van der Waals surface area contributed by atoms with E-state index < -0.39 is 51.6 Å². The number of hydrogen-bond acceptors (Lipinski definition) is 10. The van der Waals surface area contributed by atoms with Crippen LogP contribution in [0.5, 0.6) is 0 Å². The molecule has 0 saturated carbocycles. The standard InChI is InChI=1S/C10H21N2O8P/c11-9-1-5(14)8(19-9)4-17-21(15,16)20-6-2-10(12)18-7(6)3-13/h5-10,13-15H,1-4,11-12H2/q-1/t5-,6-,7+,8+,9+,10+/m0/s1. The van der Waals surface area contributed by atoms with E-state index in [0.29, 0.717) is 0 Å². The second-order valence-corrected chi connectivity index (χ2v) is 6.46. The van der Waals surface area contributed by atoms with E-state index in [1.165, 1.54) is 0 Å². The summed E-state index contributed by atoms with van der Waals surface area (Å²) >= 11 is 0. The number of rotatable bonds is 6. The number of aliphatic hydroxyl groups is 2.